The summed E-state index contributed by atoms with van der Waals surface area (Å²) in [5.74, 6) is -0.641. The normalized spacial score (nSPS) is 14.4. The van der Waals surface area contributed by atoms with Gasteiger partial charge in [0.2, 0.25) is 0 Å². The van der Waals surface area contributed by atoms with Gasteiger partial charge < -0.3 is 9.64 Å². The Hall–Kier alpha value is -3.21. The number of aromatic nitrogens is 1. The van der Waals surface area contributed by atoms with Crippen LogP contribution in [0.3, 0.4) is 0 Å². The number of rotatable bonds is 5. The van der Waals surface area contributed by atoms with E-state index in [0.717, 1.165) is 53.4 Å². The van der Waals surface area contributed by atoms with Crippen molar-refractivity contribution in [2.24, 2.45) is 0 Å². The predicted octanol–water partition coefficient (Wildman–Crippen LogP) is 5.16. The number of fused-ring (bicyclic) bond motifs is 1. The van der Waals surface area contributed by atoms with E-state index in [0.29, 0.717) is 5.56 Å². The molecule has 31 heavy (non-hydrogen) atoms. The van der Waals surface area contributed by atoms with E-state index in [9.17, 15) is 9.59 Å². The molecule has 1 amide bonds. The second-order valence-electron chi connectivity index (χ2n) is 8.22. The molecule has 1 saturated carbocycles. The molecule has 0 radical (unpaired) electrons. The SMILES string of the molecule is Cc1c(-c2ccccc2)nc2ccccc2c1C(=O)OCC(=O)N(C)C1CCCCC1. The zero-order valence-corrected chi connectivity index (χ0v) is 18.1. The summed E-state index contributed by atoms with van der Waals surface area (Å²) in [6, 6.07) is 17.6. The first kappa shape index (κ1) is 21.0. The van der Waals surface area contributed by atoms with E-state index in [1.54, 1.807) is 4.90 Å². The maximum absolute atomic E-state index is 13.1. The third-order valence-electron chi connectivity index (χ3n) is 6.23. The molecule has 0 saturated heterocycles. The van der Waals surface area contributed by atoms with Gasteiger partial charge in [-0.05, 0) is 31.4 Å². The van der Waals surface area contributed by atoms with Crippen molar-refractivity contribution in [3.8, 4) is 11.3 Å². The van der Waals surface area contributed by atoms with Crippen molar-refractivity contribution in [1.82, 2.24) is 9.88 Å². The quantitative estimate of drug-likeness (QED) is 0.539. The number of para-hydroxylation sites is 1. The number of hydrogen-bond donors (Lipinski definition) is 0. The number of likely N-dealkylation sites (N-methyl/N-ethyl adjacent to an activating group) is 1. The highest BCUT2D eigenvalue weighted by Gasteiger charge is 2.25. The highest BCUT2D eigenvalue weighted by atomic mass is 16.5. The van der Waals surface area contributed by atoms with Gasteiger partial charge >= 0.3 is 5.97 Å². The summed E-state index contributed by atoms with van der Waals surface area (Å²) in [7, 11) is 1.81. The Balaban J connectivity index is 1.60. The van der Waals surface area contributed by atoms with Gasteiger partial charge in [0.15, 0.2) is 6.61 Å². The van der Waals surface area contributed by atoms with Crippen LogP contribution < -0.4 is 0 Å². The minimum atomic E-state index is -0.487. The Morgan fingerprint density at radius 3 is 2.42 bits per heavy atom. The van der Waals surface area contributed by atoms with Gasteiger partial charge in [0.1, 0.15) is 0 Å². The van der Waals surface area contributed by atoms with Gasteiger partial charge in [-0.15, -0.1) is 0 Å². The molecule has 0 atom stereocenters. The summed E-state index contributed by atoms with van der Waals surface area (Å²) < 4.78 is 5.52. The first-order chi connectivity index (χ1) is 15.1. The van der Waals surface area contributed by atoms with Crippen LogP contribution in [-0.2, 0) is 9.53 Å². The molecule has 1 heterocycles. The maximum atomic E-state index is 13.1. The summed E-state index contributed by atoms with van der Waals surface area (Å²) in [6.45, 7) is 1.64. The lowest BCUT2D eigenvalue weighted by Gasteiger charge is -2.31. The topological polar surface area (TPSA) is 59.5 Å². The largest absolute Gasteiger partial charge is 0.452 e. The van der Waals surface area contributed by atoms with E-state index in [1.165, 1.54) is 6.42 Å². The van der Waals surface area contributed by atoms with Gasteiger partial charge in [-0.25, -0.2) is 9.78 Å². The van der Waals surface area contributed by atoms with Crippen molar-refractivity contribution >= 4 is 22.8 Å². The molecule has 4 rings (SSSR count). The van der Waals surface area contributed by atoms with E-state index in [-0.39, 0.29) is 18.6 Å². The molecule has 3 aromatic rings. The standard InChI is InChI=1S/C26H28N2O3/c1-18-24(26(30)31-17-23(29)28(2)20-13-7-4-8-14-20)21-15-9-10-16-22(21)27-25(18)19-11-5-3-6-12-19/h3,5-6,9-12,15-16,20H,4,7-8,13-14,17H2,1-2H3. The van der Waals surface area contributed by atoms with Crippen molar-refractivity contribution in [2.45, 2.75) is 45.1 Å². The fraction of sp³-hybridized carbons (Fsp3) is 0.346. The van der Waals surface area contributed by atoms with Crippen LogP contribution in [0.4, 0.5) is 0 Å². The highest BCUT2D eigenvalue weighted by molar-refractivity contribution is 6.06. The summed E-state index contributed by atoms with van der Waals surface area (Å²) in [5.41, 5.74) is 3.63. The van der Waals surface area contributed by atoms with Crippen LogP contribution in [0.15, 0.2) is 54.6 Å². The molecule has 0 bridgehead atoms. The van der Waals surface area contributed by atoms with Gasteiger partial charge in [0.25, 0.3) is 5.91 Å². The van der Waals surface area contributed by atoms with Crippen molar-refractivity contribution in [2.75, 3.05) is 13.7 Å². The predicted molar refractivity (Wildman–Crippen MR) is 122 cm³/mol. The average molecular weight is 417 g/mol. The first-order valence-corrected chi connectivity index (χ1v) is 10.9. The molecule has 5 nitrogen and oxygen atoms in total. The molecular weight excluding hydrogens is 388 g/mol. The van der Waals surface area contributed by atoms with Crippen LogP contribution in [0.1, 0.15) is 48.0 Å². The Labute approximate surface area is 183 Å². The highest BCUT2D eigenvalue weighted by Crippen LogP contribution is 2.30. The van der Waals surface area contributed by atoms with Gasteiger partial charge in [0.05, 0.1) is 16.8 Å². The number of pyridine rings is 1. The Morgan fingerprint density at radius 1 is 1.00 bits per heavy atom. The van der Waals surface area contributed by atoms with Crippen molar-refractivity contribution in [3.63, 3.8) is 0 Å². The number of benzene rings is 2. The van der Waals surface area contributed by atoms with E-state index in [2.05, 4.69) is 0 Å². The Bertz CT molecular complexity index is 1090. The zero-order chi connectivity index (χ0) is 21.8. The van der Waals surface area contributed by atoms with Crippen LogP contribution in [-0.4, -0.2) is 41.5 Å². The summed E-state index contributed by atoms with van der Waals surface area (Å²) in [5, 5.41) is 0.734. The second-order valence-corrected chi connectivity index (χ2v) is 8.22. The summed E-state index contributed by atoms with van der Waals surface area (Å²) in [6.07, 6.45) is 5.56. The lowest BCUT2D eigenvalue weighted by atomic mass is 9.94. The number of carbonyl (C=O) groups excluding carboxylic acids is 2. The van der Waals surface area contributed by atoms with E-state index in [4.69, 9.17) is 9.72 Å². The van der Waals surface area contributed by atoms with Crippen molar-refractivity contribution < 1.29 is 14.3 Å². The number of hydrogen-bond acceptors (Lipinski definition) is 4. The van der Waals surface area contributed by atoms with Crippen molar-refractivity contribution in [3.05, 3.63) is 65.7 Å². The molecule has 1 aliphatic carbocycles. The van der Waals surface area contributed by atoms with Crippen molar-refractivity contribution in [1.29, 1.82) is 0 Å². The zero-order valence-electron chi connectivity index (χ0n) is 18.1. The lowest BCUT2D eigenvalue weighted by Crippen LogP contribution is -2.40. The molecule has 0 N–H and O–H groups in total. The number of carbonyl (C=O) groups is 2. The fourth-order valence-corrected chi connectivity index (χ4v) is 4.42. The monoisotopic (exact) mass is 416 g/mol. The van der Waals surface area contributed by atoms with Crippen LogP contribution in [0.5, 0.6) is 0 Å². The van der Waals surface area contributed by atoms with Gasteiger partial charge in [0, 0.05) is 24.0 Å². The molecule has 1 fully saturated rings. The molecular formula is C26H28N2O3. The third-order valence-corrected chi connectivity index (χ3v) is 6.23. The maximum Gasteiger partial charge on any atom is 0.339 e. The minimum absolute atomic E-state index is 0.153. The van der Waals surface area contributed by atoms with Crippen LogP contribution in [0.25, 0.3) is 22.2 Å². The number of esters is 1. The van der Waals surface area contributed by atoms with Gasteiger partial charge in [-0.3, -0.25) is 4.79 Å². The van der Waals surface area contributed by atoms with E-state index < -0.39 is 5.97 Å². The molecule has 5 heteroatoms. The number of ether oxygens (including phenoxy) is 1. The molecule has 0 spiro atoms. The summed E-state index contributed by atoms with van der Waals surface area (Å²) in [4.78, 5) is 32.3. The van der Waals surface area contributed by atoms with E-state index in [1.807, 2.05) is 68.6 Å². The lowest BCUT2D eigenvalue weighted by molar-refractivity contribution is -0.135. The van der Waals surface area contributed by atoms with Crippen LogP contribution in [0.2, 0.25) is 0 Å². The molecule has 160 valence electrons. The average Bonchev–Trinajstić information content (AvgIpc) is 2.82. The molecule has 2 aromatic carbocycles. The van der Waals surface area contributed by atoms with Gasteiger partial charge in [-0.1, -0.05) is 67.8 Å². The molecule has 1 aromatic heterocycles. The smallest absolute Gasteiger partial charge is 0.339 e. The molecule has 1 aliphatic rings. The molecule has 0 unspecified atom stereocenters. The molecule has 0 aliphatic heterocycles. The Kier molecular flexibility index (Phi) is 6.31. The third kappa shape index (κ3) is 4.46. The fourth-order valence-electron chi connectivity index (χ4n) is 4.42. The number of nitrogens with zero attached hydrogens (tertiary/aromatic N) is 2. The van der Waals surface area contributed by atoms with Gasteiger partial charge in [-0.2, -0.15) is 0 Å². The van der Waals surface area contributed by atoms with Crippen LogP contribution >= 0.6 is 0 Å². The number of amides is 1. The van der Waals surface area contributed by atoms with E-state index >= 15 is 0 Å². The summed E-state index contributed by atoms with van der Waals surface area (Å²) >= 11 is 0. The minimum Gasteiger partial charge on any atom is -0.452 e. The second kappa shape index (κ2) is 9.29. The Morgan fingerprint density at radius 2 is 1.68 bits per heavy atom. The first-order valence-electron chi connectivity index (χ1n) is 10.9. The van der Waals surface area contributed by atoms with Crippen LogP contribution in [0, 0.1) is 6.92 Å².